The lowest BCUT2D eigenvalue weighted by Gasteiger charge is -2.36. The van der Waals surface area contributed by atoms with E-state index in [2.05, 4.69) is 19.2 Å². The minimum atomic E-state index is -0.835. The topological polar surface area (TPSA) is 128 Å². The van der Waals surface area contributed by atoms with Crippen molar-refractivity contribution < 1.29 is 28.8 Å². The molecule has 0 aliphatic carbocycles. The summed E-state index contributed by atoms with van der Waals surface area (Å²) in [5.74, 6) is -0.401. The summed E-state index contributed by atoms with van der Waals surface area (Å²) < 4.78 is 10.4. The Morgan fingerprint density at radius 3 is 2.56 bits per heavy atom. The zero-order valence-corrected chi connectivity index (χ0v) is 18.9. The van der Waals surface area contributed by atoms with Gasteiger partial charge in [-0.15, -0.1) is 0 Å². The summed E-state index contributed by atoms with van der Waals surface area (Å²) in [5.41, 5.74) is 0.877. The highest BCUT2D eigenvalue weighted by Gasteiger charge is 2.28. The standard InChI is InChI=1S/C24H25N3O7/c1-14-7-15(2)11-26(10-14)19-5-3-17(9-20(19)27(31)32)24(30)34-12-21(28)16-4-6-22-18(8-16)25-23(29)13-33-22/h3-6,8-9,14-15H,7,10-13H2,1-2H3,(H,25,29)/t14-,15-/m1/s1. The molecule has 2 atom stereocenters. The average Bonchev–Trinajstić information content (AvgIpc) is 2.80. The van der Waals surface area contributed by atoms with Crippen LogP contribution < -0.4 is 15.0 Å². The SMILES string of the molecule is C[C@@H]1C[C@@H](C)CN(c2ccc(C(=O)OCC(=O)c3ccc4c(c3)NC(=O)CO4)cc2[N+](=O)[O-])C1. The summed E-state index contributed by atoms with van der Waals surface area (Å²) in [7, 11) is 0. The molecule has 2 heterocycles. The Morgan fingerprint density at radius 2 is 1.85 bits per heavy atom. The molecular weight excluding hydrogens is 442 g/mol. The van der Waals surface area contributed by atoms with Crippen molar-refractivity contribution in [1.82, 2.24) is 0 Å². The Labute approximate surface area is 196 Å². The quantitative estimate of drug-likeness (QED) is 0.296. The summed E-state index contributed by atoms with van der Waals surface area (Å²) >= 11 is 0. The molecule has 2 aliphatic heterocycles. The van der Waals surface area contributed by atoms with Crippen LogP contribution in [0, 0.1) is 22.0 Å². The molecule has 0 unspecified atom stereocenters. The van der Waals surface area contributed by atoms with Crippen molar-refractivity contribution in [3.05, 3.63) is 57.6 Å². The molecule has 10 heteroatoms. The third-order valence-electron chi connectivity index (χ3n) is 5.89. The minimum Gasteiger partial charge on any atom is -0.482 e. The number of ether oxygens (including phenoxy) is 2. The molecule has 2 aromatic carbocycles. The van der Waals surface area contributed by atoms with Crippen LogP contribution in [0.15, 0.2) is 36.4 Å². The molecule has 0 aromatic heterocycles. The lowest BCUT2D eigenvalue weighted by Crippen LogP contribution is -2.39. The molecule has 178 valence electrons. The van der Waals surface area contributed by atoms with E-state index in [-0.39, 0.29) is 29.3 Å². The number of hydrogen-bond donors (Lipinski definition) is 1. The summed E-state index contributed by atoms with van der Waals surface area (Å²) in [6.45, 7) is 4.98. The summed E-state index contributed by atoms with van der Waals surface area (Å²) in [4.78, 5) is 49.7. The molecule has 34 heavy (non-hydrogen) atoms. The number of ketones is 1. The molecule has 1 saturated heterocycles. The van der Waals surface area contributed by atoms with Gasteiger partial charge in [0.1, 0.15) is 11.4 Å². The van der Waals surface area contributed by atoms with Gasteiger partial charge in [0.05, 0.1) is 16.2 Å². The molecular formula is C24H25N3O7. The number of esters is 1. The molecule has 2 aromatic rings. The summed E-state index contributed by atoms with van der Waals surface area (Å²) in [6.07, 6.45) is 1.06. The highest BCUT2D eigenvalue weighted by Crippen LogP contribution is 2.34. The van der Waals surface area contributed by atoms with E-state index in [1.165, 1.54) is 24.3 Å². The predicted molar refractivity (Wildman–Crippen MR) is 123 cm³/mol. The fourth-order valence-electron chi connectivity index (χ4n) is 4.48. The first-order chi connectivity index (χ1) is 16.2. The number of piperidine rings is 1. The zero-order chi connectivity index (χ0) is 24.4. The number of nitrogens with one attached hydrogen (secondary N) is 1. The van der Waals surface area contributed by atoms with E-state index in [4.69, 9.17) is 9.47 Å². The number of amides is 1. The van der Waals surface area contributed by atoms with Crippen LogP contribution in [0.2, 0.25) is 0 Å². The molecule has 2 aliphatic rings. The van der Waals surface area contributed by atoms with Crippen molar-refractivity contribution in [2.24, 2.45) is 11.8 Å². The lowest BCUT2D eigenvalue weighted by atomic mass is 9.91. The number of hydrogen-bond acceptors (Lipinski definition) is 8. The van der Waals surface area contributed by atoms with Gasteiger partial charge in [-0.2, -0.15) is 0 Å². The number of nitro groups is 1. The van der Waals surface area contributed by atoms with Crippen LogP contribution in [-0.4, -0.2) is 48.9 Å². The number of nitro benzene ring substituents is 1. The van der Waals surface area contributed by atoms with E-state index in [0.29, 0.717) is 42.0 Å². The molecule has 10 nitrogen and oxygen atoms in total. The second-order valence-electron chi connectivity index (χ2n) is 8.86. The fraction of sp³-hybridized carbons (Fsp3) is 0.375. The monoisotopic (exact) mass is 467 g/mol. The molecule has 0 spiro atoms. The lowest BCUT2D eigenvalue weighted by molar-refractivity contribution is -0.384. The highest BCUT2D eigenvalue weighted by molar-refractivity contribution is 6.02. The van der Waals surface area contributed by atoms with Gasteiger partial charge in [-0.3, -0.25) is 19.7 Å². The van der Waals surface area contributed by atoms with Crippen molar-refractivity contribution in [2.45, 2.75) is 20.3 Å². The van der Waals surface area contributed by atoms with Gasteiger partial charge in [0.15, 0.2) is 19.0 Å². The van der Waals surface area contributed by atoms with E-state index in [1.54, 1.807) is 12.1 Å². The predicted octanol–water partition coefficient (Wildman–Crippen LogP) is 3.45. The number of rotatable bonds is 6. The Hall–Kier alpha value is -3.95. The highest BCUT2D eigenvalue weighted by atomic mass is 16.6. The van der Waals surface area contributed by atoms with E-state index in [9.17, 15) is 24.5 Å². The smallest absolute Gasteiger partial charge is 0.338 e. The number of Topliss-reactive ketones (excluding diaryl/α,β-unsaturated/α-hetero) is 1. The summed E-state index contributed by atoms with van der Waals surface area (Å²) in [6, 6.07) is 8.74. The Kier molecular flexibility index (Phi) is 6.49. The van der Waals surface area contributed by atoms with E-state index < -0.39 is 23.3 Å². The van der Waals surface area contributed by atoms with Crippen molar-refractivity contribution in [1.29, 1.82) is 0 Å². The first kappa shape index (κ1) is 23.2. The zero-order valence-electron chi connectivity index (χ0n) is 18.9. The molecule has 0 radical (unpaired) electrons. The number of carbonyl (C=O) groups excluding carboxylic acids is 3. The second kappa shape index (κ2) is 9.50. The normalized spacial score (nSPS) is 19.5. The Balaban J connectivity index is 1.45. The van der Waals surface area contributed by atoms with Crippen LogP contribution in [0.3, 0.4) is 0 Å². The third kappa shape index (κ3) is 5.00. The third-order valence-corrected chi connectivity index (χ3v) is 5.89. The average molecular weight is 467 g/mol. The molecule has 4 rings (SSSR count). The number of benzene rings is 2. The largest absolute Gasteiger partial charge is 0.482 e. The van der Waals surface area contributed by atoms with Gasteiger partial charge in [0.25, 0.3) is 11.6 Å². The number of nitrogens with zero attached hydrogens (tertiary/aromatic N) is 2. The van der Waals surface area contributed by atoms with Gasteiger partial charge >= 0.3 is 5.97 Å². The van der Waals surface area contributed by atoms with Gasteiger partial charge in [-0.1, -0.05) is 13.8 Å². The number of fused-ring (bicyclic) bond motifs is 1. The van der Waals surface area contributed by atoms with Crippen LogP contribution in [0.5, 0.6) is 5.75 Å². The maximum atomic E-state index is 12.5. The van der Waals surface area contributed by atoms with E-state index >= 15 is 0 Å². The van der Waals surface area contributed by atoms with Crippen molar-refractivity contribution in [3.63, 3.8) is 0 Å². The molecule has 1 fully saturated rings. The van der Waals surface area contributed by atoms with Crippen LogP contribution >= 0.6 is 0 Å². The maximum absolute atomic E-state index is 12.5. The molecule has 0 saturated carbocycles. The second-order valence-corrected chi connectivity index (χ2v) is 8.86. The Bertz CT molecular complexity index is 1150. The van der Waals surface area contributed by atoms with Crippen molar-refractivity contribution >= 4 is 34.7 Å². The van der Waals surface area contributed by atoms with Crippen LogP contribution in [0.4, 0.5) is 17.1 Å². The Morgan fingerprint density at radius 1 is 1.15 bits per heavy atom. The minimum absolute atomic E-state index is 0.00698. The van der Waals surface area contributed by atoms with Gasteiger partial charge < -0.3 is 19.7 Å². The van der Waals surface area contributed by atoms with Gasteiger partial charge in [-0.25, -0.2) is 4.79 Å². The molecule has 0 bridgehead atoms. The van der Waals surface area contributed by atoms with Crippen LogP contribution in [-0.2, 0) is 9.53 Å². The van der Waals surface area contributed by atoms with Crippen molar-refractivity contribution in [2.75, 3.05) is 36.5 Å². The number of anilines is 2. The van der Waals surface area contributed by atoms with Crippen LogP contribution in [0.25, 0.3) is 0 Å². The summed E-state index contributed by atoms with van der Waals surface area (Å²) in [5, 5.41) is 14.3. The van der Waals surface area contributed by atoms with Gasteiger partial charge in [-0.05, 0) is 48.6 Å². The first-order valence-electron chi connectivity index (χ1n) is 11.0. The number of carbonyl (C=O) groups is 3. The van der Waals surface area contributed by atoms with E-state index in [1.807, 2.05) is 4.90 Å². The van der Waals surface area contributed by atoms with Gasteiger partial charge in [0.2, 0.25) is 0 Å². The fourth-order valence-corrected chi connectivity index (χ4v) is 4.48. The maximum Gasteiger partial charge on any atom is 0.338 e. The first-order valence-corrected chi connectivity index (χ1v) is 11.0. The molecule has 1 amide bonds. The van der Waals surface area contributed by atoms with Crippen LogP contribution in [0.1, 0.15) is 41.0 Å². The van der Waals surface area contributed by atoms with E-state index in [0.717, 1.165) is 6.42 Å². The van der Waals surface area contributed by atoms with Crippen molar-refractivity contribution in [3.8, 4) is 5.75 Å². The van der Waals surface area contributed by atoms with Gasteiger partial charge in [0, 0.05) is 24.7 Å². The molecule has 1 N–H and O–H groups in total.